The van der Waals surface area contributed by atoms with Gasteiger partial charge in [0.05, 0.1) is 23.5 Å². The normalized spacial score (nSPS) is 27.5. The van der Waals surface area contributed by atoms with Crippen LogP contribution >= 0.6 is 0 Å². The average molecular weight is 437 g/mol. The van der Waals surface area contributed by atoms with Crippen LogP contribution in [0, 0.1) is 29.1 Å². The van der Waals surface area contributed by atoms with Crippen LogP contribution in [0.15, 0.2) is 23.8 Å². The first kappa shape index (κ1) is 25.6. The average Bonchev–Trinajstić information content (AvgIpc) is 2.72. The van der Waals surface area contributed by atoms with Crippen molar-refractivity contribution >= 4 is 11.9 Å². The van der Waals surface area contributed by atoms with Gasteiger partial charge in [-0.25, -0.2) is 0 Å². The van der Waals surface area contributed by atoms with Crippen LogP contribution in [-0.4, -0.2) is 45.6 Å². The summed E-state index contributed by atoms with van der Waals surface area (Å²) in [5.41, 5.74) is 0.692. The zero-order chi connectivity index (χ0) is 23.3. The monoisotopic (exact) mass is 436 g/mol. The van der Waals surface area contributed by atoms with E-state index in [2.05, 4.69) is 18.2 Å². The third-order valence-corrected chi connectivity index (χ3v) is 7.35. The minimum absolute atomic E-state index is 0.0354. The smallest absolute Gasteiger partial charge is 0.311 e. The summed E-state index contributed by atoms with van der Waals surface area (Å²) in [6.45, 7) is 9.20. The van der Waals surface area contributed by atoms with Crippen molar-refractivity contribution in [2.45, 2.75) is 91.5 Å². The lowest BCUT2D eigenvalue weighted by molar-refractivity contribution is -0.164. The quantitative estimate of drug-likeness (QED) is 0.445. The summed E-state index contributed by atoms with van der Waals surface area (Å²) in [4.78, 5) is 23.8. The van der Waals surface area contributed by atoms with Crippen LogP contribution in [-0.2, 0) is 14.3 Å². The summed E-state index contributed by atoms with van der Waals surface area (Å²) in [7, 11) is 0. The van der Waals surface area contributed by atoms with Gasteiger partial charge in [-0.3, -0.25) is 9.59 Å². The van der Waals surface area contributed by atoms with E-state index < -0.39 is 29.5 Å². The number of ether oxygens (including phenoxy) is 1. The Hall–Kier alpha value is -1.66. The van der Waals surface area contributed by atoms with Crippen molar-refractivity contribution in [2.24, 2.45) is 29.1 Å². The van der Waals surface area contributed by atoms with E-state index in [1.807, 2.05) is 27.7 Å². The Kier molecular flexibility index (Phi) is 8.90. The Labute approximate surface area is 186 Å². The number of carboxylic acid groups (broad SMARTS) is 1. The van der Waals surface area contributed by atoms with E-state index in [4.69, 9.17) is 9.84 Å². The van der Waals surface area contributed by atoms with Gasteiger partial charge in [-0.15, -0.1) is 0 Å². The Morgan fingerprint density at radius 3 is 2.52 bits per heavy atom. The van der Waals surface area contributed by atoms with Crippen molar-refractivity contribution in [3.63, 3.8) is 0 Å². The highest BCUT2D eigenvalue weighted by atomic mass is 16.5. The molecule has 2 aliphatic carbocycles. The molecule has 176 valence electrons. The molecule has 0 heterocycles. The van der Waals surface area contributed by atoms with Gasteiger partial charge in [-0.1, -0.05) is 32.1 Å². The highest BCUT2D eigenvalue weighted by Crippen LogP contribution is 2.43. The molecule has 0 spiro atoms. The lowest BCUT2D eigenvalue weighted by atomic mass is 9.69. The number of aliphatic hydroxyl groups is 2. The molecule has 0 amide bonds. The number of hydrogen-bond acceptors (Lipinski definition) is 5. The number of aliphatic hydroxyl groups excluding tert-OH is 2. The number of allylic oxidation sites excluding steroid dienone is 3. The van der Waals surface area contributed by atoms with Gasteiger partial charge in [0, 0.05) is 12.3 Å². The van der Waals surface area contributed by atoms with Crippen LogP contribution in [0.1, 0.15) is 73.1 Å². The maximum absolute atomic E-state index is 12.7. The molecule has 6 nitrogen and oxygen atoms in total. The molecule has 2 rings (SSSR count). The second-order valence-corrected chi connectivity index (χ2v) is 10.1. The second kappa shape index (κ2) is 10.8. The molecule has 6 heteroatoms. The summed E-state index contributed by atoms with van der Waals surface area (Å²) in [5.74, 6) is -1.93. The SMILES string of the molecule is CCC(C)(C)C(=O)O[C@H]1CCC=C2C=CC[C@@H](C[C@@H](C)[C@H](O)C[C@@H](O)[C@H](C)C(=O)O)[C@H]21. The molecule has 0 bridgehead atoms. The Balaban J connectivity index is 2.08. The standard InChI is InChI=1S/C25H40O6/c1-6-25(4,5)24(30)31-21-12-8-10-17-9-7-11-18(22(17)21)13-15(2)19(26)14-20(27)16(3)23(28)29/h7,9-10,15-16,18-22,26-27H,6,8,11-14H2,1-5H3,(H,28,29)/t15-,16+,18+,19-,20-,21+,22+/m1/s1. The third-order valence-electron chi connectivity index (χ3n) is 7.35. The van der Waals surface area contributed by atoms with Gasteiger partial charge in [0.25, 0.3) is 0 Å². The first-order valence-electron chi connectivity index (χ1n) is 11.6. The fourth-order valence-electron chi connectivity index (χ4n) is 4.52. The molecule has 0 radical (unpaired) electrons. The van der Waals surface area contributed by atoms with Crippen molar-refractivity contribution in [2.75, 3.05) is 0 Å². The van der Waals surface area contributed by atoms with Crippen molar-refractivity contribution in [1.29, 1.82) is 0 Å². The summed E-state index contributed by atoms with van der Waals surface area (Å²) >= 11 is 0. The molecule has 0 fully saturated rings. The number of carbonyl (C=O) groups is 2. The summed E-state index contributed by atoms with van der Waals surface area (Å²) in [6, 6.07) is 0. The third kappa shape index (κ3) is 6.42. The van der Waals surface area contributed by atoms with Crippen molar-refractivity contribution in [3.05, 3.63) is 23.8 Å². The fourth-order valence-corrected chi connectivity index (χ4v) is 4.52. The van der Waals surface area contributed by atoms with E-state index >= 15 is 0 Å². The van der Waals surface area contributed by atoms with Gasteiger partial charge >= 0.3 is 11.9 Å². The number of carbonyl (C=O) groups excluding carboxylic acids is 1. The van der Waals surface area contributed by atoms with Gasteiger partial charge in [0.2, 0.25) is 0 Å². The van der Waals surface area contributed by atoms with E-state index in [1.165, 1.54) is 12.5 Å². The van der Waals surface area contributed by atoms with Gasteiger partial charge in [-0.2, -0.15) is 0 Å². The molecule has 31 heavy (non-hydrogen) atoms. The zero-order valence-electron chi connectivity index (χ0n) is 19.6. The highest BCUT2D eigenvalue weighted by Gasteiger charge is 2.40. The first-order chi connectivity index (χ1) is 14.5. The maximum atomic E-state index is 12.7. The number of fused-ring (bicyclic) bond motifs is 1. The van der Waals surface area contributed by atoms with E-state index in [0.29, 0.717) is 6.42 Å². The minimum Gasteiger partial charge on any atom is -0.481 e. The number of rotatable bonds is 10. The zero-order valence-corrected chi connectivity index (χ0v) is 19.6. The molecule has 0 saturated heterocycles. The first-order valence-corrected chi connectivity index (χ1v) is 11.6. The predicted octanol–water partition coefficient (Wildman–Crippen LogP) is 4.11. The molecule has 0 aliphatic heterocycles. The Morgan fingerprint density at radius 2 is 1.90 bits per heavy atom. The van der Waals surface area contributed by atoms with Gasteiger partial charge in [0.15, 0.2) is 0 Å². The Bertz CT molecular complexity index is 694. The van der Waals surface area contributed by atoms with Crippen molar-refractivity contribution in [1.82, 2.24) is 0 Å². The van der Waals surface area contributed by atoms with Crippen LogP contribution in [0.5, 0.6) is 0 Å². The van der Waals surface area contributed by atoms with E-state index in [0.717, 1.165) is 25.7 Å². The molecule has 0 aromatic rings. The maximum Gasteiger partial charge on any atom is 0.311 e. The van der Waals surface area contributed by atoms with E-state index in [9.17, 15) is 19.8 Å². The van der Waals surface area contributed by atoms with Crippen LogP contribution in [0.4, 0.5) is 0 Å². The molecule has 2 aliphatic rings. The molecule has 0 aromatic carbocycles. The minimum atomic E-state index is -1.09. The Morgan fingerprint density at radius 1 is 1.23 bits per heavy atom. The highest BCUT2D eigenvalue weighted by molar-refractivity contribution is 5.76. The fraction of sp³-hybridized carbons (Fsp3) is 0.760. The largest absolute Gasteiger partial charge is 0.481 e. The topological polar surface area (TPSA) is 104 Å². The van der Waals surface area contributed by atoms with Crippen molar-refractivity contribution < 1.29 is 29.6 Å². The van der Waals surface area contributed by atoms with E-state index in [-0.39, 0.29) is 36.2 Å². The van der Waals surface area contributed by atoms with Gasteiger partial charge in [0.1, 0.15) is 6.10 Å². The molecule has 0 aromatic heterocycles. The van der Waals surface area contributed by atoms with Gasteiger partial charge < -0.3 is 20.1 Å². The number of carboxylic acids is 1. The molecular weight excluding hydrogens is 396 g/mol. The lowest BCUT2D eigenvalue weighted by Gasteiger charge is -2.41. The number of hydrogen-bond donors (Lipinski definition) is 3. The van der Waals surface area contributed by atoms with Gasteiger partial charge in [-0.05, 0) is 70.3 Å². The number of aliphatic carboxylic acids is 1. The molecular formula is C25H40O6. The number of esters is 1. The molecule has 0 saturated carbocycles. The predicted molar refractivity (Wildman–Crippen MR) is 119 cm³/mol. The second-order valence-electron chi connectivity index (χ2n) is 10.1. The van der Waals surface area contributed by atoms with Crippen LogP contribution in [0.3, 0.4) is 0 Å². The van der Waals surface area contributed by atoms with Crippen LogP contribution < -0.4 is 0 Å². The summed E-state index contributed by atoms with van der Waals surface area (Å²) in [6.07, 6.45) is 8.45. The summed E-state index contributed by atoms with van der Waals surface area (Å²) < 4.78 is 6.03. The molecule has 3 N–H and O–H groups in total. The van der Waals surface area contributed by atoms with E-state index in [1.54, 1.807) is 0 Å². The van der Waals surface area contributed by atoms with Crippen LogP contribution in [0.2, 0.25) is 0 Å². The van der Waals surface area contributed by atoms with Crippen LogP contribution in [0.25, 0.3) is 0 Å². The molecule has 7 atom stereocenters. The van der Waals surface area contributed by atoms with Crippen molar-refractivity contribution in [3.8, 4) is 0 Å². The summed E-state index contributed by atoms with van der Waals surface area (Å²) in [5, 5.41) is 29.8. The molecule has 0 unspecified atom stereocenters. The lowest BCUT2D eigenvalue weighted by Crippen LogP contribution is -2.40.